The van der Waals surface area contributed by atoms with Gasteiger partial charge < -0.3 is 10.6 Å². The van der Waals surface area contributed by atoms with Gasteiger partial charge in [0.15, 0.2) is 15.7 Å². The fraction of sp³-hybridized carbons (Fsp3) is 0.176. The molecule has 0 saturated carbocycles. The van der Waals surface area contributed by atoms with Crippen LogP contribution in [0.2, 0.25) is 10.0 Å². The van der Waals surface area contributed by atoms with E-state index < -0.39 is 20.0 Å². The van der Waals surface area contributed by atoms with Crippen LogP contribution in [0.25, 0.3) is 0 Å². The normalized spacial score (nSPS) is 11.5. The zero-order valence-electron chi connectivity index (χ0n) is 15.6. The molecule has 3 rings (SSSR count). The molecule has 13 heteroatoms. The number of nitrogens with one attached hydrogen (secondary N) is 2. The van der Waals surface area contributed by atoms with E-state index in [-0.39, 0.29) is 31.7 Å². The fourth-order valence-corrected chi connectivity index (χ4v) is 5.37. The van der Waals surface area contributed by atoms with Crippen molar-refractivity contribution in [2.24, 2.45) is 0 Å². The molecule has 0 fully saturated rings. The van der Waals surface area contributed by atoms with Crippen LogP contribution < -0.4 is 10.6 Å². The van der Waals surface area contributed by atoms with Crippen molar-refractivity contribution in [3.63, 3.8) is 0 Å². The van der Waals surface area contributed by atoms with Gasteiger partial charge in [0.2, 0.25) is 5.95 Å². The fourth-order valence-electron chi connectivity index (χ4n) is 2.30. The molecule has 0 aliphatic heterocycles. The van der Waals surface area contributed by atoms with Crippen LogP contribution in [0, 0.1) is 10.1 Å². The molecule has 3 aromatic rings. The predicted molar refractivity (Wildman–Crippen MR) is 118 cm³/mol. The van der Waals surface area contributed by atoms with E-state index in [1.165, 1.54) is 24.4 Å². The van der Waals surface area contributed by atoms with E-state index in [2.05, 4.69) is 20.6 Å². The Morgan fingerprint density at radius 2 is 1.87 bits per heavy atom. The number of anilines is 4. The molecule has 0 amide bonds. The molecule has 0 aliphatic rings. The average molecular weight is 488 g/mol. The molecule has 0 saturated heterocycles. The van der Waals surface area contributed by atoms with Gasteiger partial charge in [-0.05, 0) is 31.4 Å². The smallest absolute Gasteiger partial charge is 0.271 e. The van der Waals surface area contributed by atoms with Gasteiger partial charge in [-0.15, -0.1) is 11.3 Å². The van der Waals surface area contributed by atoms with Gasteiger partial charge in [0, 0.05) is 12.1 Å². The number of nitro groups is 1. The highest BCUT2D eigenvalue weighted by Crippen LogP contribution is 2.35. The van der Waals surface area contributed by atoms with Crippen LogP contribution in [0.1, 0.15) is 13.8 Å². The molecule has 0 unspecified atom stereocenters. The summed E-state index contributed by atoms with van der Waals surface area (Å²) in [4.78, 5) is 18.6. The lowest BCUT2D eigenvalue weighted by atomic mass is 10.3. The monoisotopic (exact) mass is 487 g/mol. The number of sulfone groups is 1. The summed E-state index contributed by atoms with van der Waals surface area (Å²) in [5.41, 5.74) is 0.559. The van der Waals surface area contributed by atoms with Crippen LogP contribution in [0.15, 0.2) is 40.1 Å². The van der Waals surface area contributed by atoms with Crippen LogP contribution in [-0.2, 0) is 9.84 Å². The Bertz CT molecular complexity index is 1210. The molecule has 0 aliphatic carbocycles. The molecule has 158 valence electrons. The molecular formula is C17H15Cl2N5O4S2. The third kappa shape index (κ3) is 4.64. The van der Waals surface area contributed by atoms with Gasteiger partial charge in [-0.25, -0.2) is 13.4 Å². The van der Waals surface area contributed by atoms with Crippen molar-refractivity contribution in [3.8, 4) is 0 Å². The van der Waals surface area contributed by atoms with Crippen LogP contribution in [-0.4, -0.2) is 28.6 Å². The Kier molecular flexibility index (Phi) is 6.46. The number of thiophene rings is 1. The van der Waals surface area contributed by atoms with Gasteiger partial charge in [-0.2, -0.15) is 4.98 Å². The van der Waals surface area contributed by atoms with Crippen molar-refractivity contribution in [2.45, 2.75) is 23.3 Å². The largest absolute Gasteiger partial charge is 0.337 e. The number of hydrogen-bond acceptors (Lipinski definition) is 9. The Morgan fingerprint density at radius 3 is 2.50 bits per heavy atom. The summed E-state index contributed by atoms with van der Waals surface area (Å²) in [6.07, 6.45) is 1.33. The van der Waals surface area contributed by atoms with Gasteiger partial charge in [0.25, 0.3) is 5.69 Å². The molecule has 2 N–H and O–H groups in total. The first kappa shape index (κ1) is 22.2. The van der Waals surface area contributed by atoms with E-state index in [9.17, 15) is 18.5 Å². The van der Waals surface area contributed by atoms with Crippen molar-refractivity contribution >= 4 is 73.2 Å². The number of nitrogens with zero attached hydrogens (tertiary/aromatic N) is 3. The first-order valence-electron chi connectivity index (χ1n) is 8.41. The standard InChI is InChI=1S/C17H15Cl2N5O4S2/c1-9(2)30(27,28)16-14(5-6-29-16)21-15-12(19)8-20-17(23-15)22-13-4-3-10(24(25)26)7-11(13)18/h3-9H,1-2H3,(H2,20,21,22,23). The molecular weight excluding hydrogens is 473 g/mol. The number of aromatic nitrogens is 2. The van der Waals surface area contributed by atoms with Crippen LogP contribution in [0.4, 0.5) is 28.8 Å². The summed E-state index contributed by atoms with van der Waals surface area (Å²) < 4.78 is 25.3. The Labute approximate surface area is 186 Å². The maximum Gasteiger partial charge on any atom is 0.271 e. The zero-order valence-corrected chi connectivity index (χ0v) is 18.7. The van der Waals surface area contributed by atoms with E-state index in [4.69, 9.17) is 23.2 Å². The summed E-state index contributed by atoms with van der Waals surface area (Å²) in [7, 11) is -3.49. The number of rotatable bonds is 7. The molecule has 0 atom stereocenters. The Hall–Kier alpha value is -2.47. The summed E-state index contributed by atoms with van der Waals surface area (Å²) in [5, 5.41) is 18.0. The minimum atomic E-state index is -3.49. The summed E-state index contributed by atoms with van der Waals surface area (Å²) in [5.74, 6) is 0.298. The van der Waals surface area contributed by atoms with Crippen LogP contribution in [0.5, 0.6) is 0 Å². The van der Waals surface area contributed by atoms with Gasteiger partial charge >= 0.3 is 0 Å². The number of hydrogen-bond donors (Lipinski definition) is 2. The number of benzene rings is 1. The van der Waals surface area contributed by atoms with Gasteiger partial charge in [-0.3, -0.25) is 10.1 Å². The molecule has 30 heavy (non-hydrogen) atoms. The van der Waals surface area contributed by atoms with Crippen LogP contribution in [0.3, 0.4) is 0 Å². The summed E-state index contributed by atoms with van der Waals surface area (Å²) in [6.45, 7) is 3.21. The number of halogens is 2. The average Bonchev–Trinajstić information content (AvgIpc) is 3.14. The zero-order chi connectivity index (χ0) is 22.1. The minimum Gasteiger partial charge on any atom is -0.337 e. The quantitative estimate of drug-likeness (QED) is 0.333. The first-order valence-corrected chi connectivity index (χ1v) is 11.6. The lowest BCUT2D eigenvalue weighted by Crippen LogP contribution is -2.14. The SMILES string of the molecule is CC(C)S(=O)(=O)c1sccc1Nc1nc(Nc2ccc([N+](=O)[O-])cc2Cl)ncc1Cl. The molecule has 1 aromatic carbocycles. The van der Waals surface area contributed by atoms with Gasteiger partial charge in [-0.1, -0.05) is 23.2 Å². The second-order valence-corrected chi connectivity index (χ2v) is 10.7. The second-order valence-electron chi connectivity index (χ2n) is 6.28. The minimum absolute atomic E-state index is 0.111. The van der Waals surface area contributed by atoms with Gasteiger partial charge in [0.1, 0.15) is 9.23 Å². The second kappa shape index (κ2) is 8.72. The third-order valence-corrected chi connectivity index (χ3v) is 8.17. The highest BCUT2D eigenvalue weighted by molar-refractivity contribution is 7.94. The summed E-state index contributed by atoms with van der Waals surface area (Å²) in [6, 6.07) is 5.54. The molecule has 9 nitrogen and oxygen atoms in total. The Balaban J connectivity index is 1.89. The van der Waals surface area contributed by atoms with E-state index in [1.54, 1.807) is 25.3 Å². The Morgan fingerprint density at radius 1 is 1.13 bits per heavy atom. The number of nitro benzene ring substituents is 1. The van der Waals surface area contributed by atoms with Crippen molar-refractivity contribution in [3.05, 3.63) is 56.0 Å². The lowest BCUT2D eigenvalue weighted by molar-refractivity contribution is -0.384. The predicted octanol–water partition coefficient (Wildman–Crippen LogP) is 5.42. The highest BCUT2D eigenvalue weighted by atomic mass is 35.5. The van der Waals surface area contributed by atoms with Crippen molar-refractivity contribution < 1.29 is 13.3 Å². The molecule has 0 spiro atoms. The van der Waals surface area contributed by atoms with Crippen LogP contribution >= 0.6 is 34.5 Å². The molecule has 2 aromatic heterocycles. The van der Waals surface area contributed by atoms with Crippen molar-refractivity contribution in [1.29, 1.82) is 0 Å². The lowest BCUT2D eigenvalue weighted by Gasteiger charge is -2.12. The topological polar surface area (TPSA) is 127 Å². The molecule has 2 heterocycles. The molecule has 0 radical (unpaired) electrons. The first-order chi connectivity index (χ1) is 14.1. The van der Waals surface area contributed by atoms with E-state index >= 15 is 0 Å². The summed E-state index contributed by atoms with van der Waals surface area (Å²) >= 11 is 13.3. The highest BCUT2D eigenvalue weighted by Gasteiger charge is 2.25. The third-order valence-electron chi connectivity index (χ3n) is 3.92. The molecule has 0 bridgehead atoms. The van der Waals surface area contributed by atoms with E-state index in [1.807, 2.05) is 0 Å². The maximum atomic E-state index is 12.5. The van der Waals surface area contributed by atoms with Gasteiger partial charge in [0.05, 0.1) is 32.8 Å². The maximum absolute atomic E-state index is 12.5. The number of non-ortho nitro benzene ring substituents is 1. The van der Waals surface area contributed by atoms with E-state index in [0.29, 0.717) is 11.4 Å². The van der Waals surface area contributed by atoms with E-state index in [0.717, 1.165) is 11.3 Å². The van der Waals surface area contributed by atoms with Crippen molar-refractivity contribution in [2.75, 3.05) is 10.6 Å². The van der Waals surface area contributed by atoms with Crippen molar-refractivity contribution in [1.82, 2.24) is 9.97 Å².